The highest BCUT2D eigenvalue weighted by molar-refractivity contribution is 5.74. The van der Waals surface area contributed by atoms with Crippen molar-refractivity contribution >= 4 is 6.03 Å². The largest absolute Gasteiger partial charge is 0.335 e. The average molecular weight is 278 g/mol. The van der Waals surface area contributed by atoms with Crippen LogP contribution in [0.5, 0.6) is 0 Å². The van der Waals surface area contributed by atoms with Crippen LogP contribution in [0.25, 0.3) is 0 Å². The molecule has 2 amide bonds. The predicted octanol–water partition coefficient (Wildman–Crippen LogP) is 3.57. The summed E-state index contributed by atoms with van der Waals surface area (Å²) in [4.78, 5) is 11.8. The van der Waals surface area contributed by atoms with E-state index in [1.165, 1.54) is 19.3 Å². The Morgan fingerprint density at radius 2 is 1.80 bits per heavy atom. The second-order valence-electron chi connectivity index (χ2n) is 5.71. The highest BCUT2D eigenvalue weighted by atomic mass is 19.1. The fourth-order valence-electron chi connectivity index (χ4n) is 2.80. The molecule has 0 bridgehead atoms. The molecule has 3 nitrogen and oxygen atoms in total. The van der Waals surface area contributed by atoms with Gasteiger partial charge in [-0.25, -0.2) is 9.18 Å². The predicted molar refractivity (Wildman–Crippen MR) is 78.1 cm³/mol. The van der Waals surface area contributed by atoms with Gasteiger partial charge in [0.05, 0.1) is 0 Å². The van der Waals surface area contributed by atoms with Crippen LogP contribution < -0.4 is 10.6 Å². The van der Waals surface area contributed by atoms with Gasteiger partial charge in [-0.05, 0) is 43.4 Å². The van der Waals surface area contributed by atoms with E-state index in [0.717, 1.165) is 18.4 Å². The van der Waals surface area contributed by atoms with Gasteiger partial charge in [0.1, 0.15) is 5.82 Å². The molecule has 0 radical (unpaired) electrons. The minimum absolute atomic E-state index is 0.128. The van der Waals surface area contributed by atoms with E-state index in [1.807, 2.05) is 0 Å². The van der Waals surface area contributed by atoms with E-state index in [1.54, 1.807) is 26.0 Å². The summed E-state index contributed by atoms with van der Waals surface area (Å²) < 4.78 is 13.5. The van der Waals surface area contributed by atoms with Crippen molar-refractivity contribution in [2.75, 3.05) is 0 Å². The Labute approximate surface area is 120 Å². The van der Waals surface area contributed by atoms with Gasteiger partial charge in [0.2, 0.25) is 0 Å². The quantitative estimate of drug-likeness (QED) is 0.872. The first kappa shape index (κ1) is 14.8. The Morgan fingerprint density at radius 3 is 2.40 bits per heavy atom. The van der Waals surface area contributed by atoms with Crippen molar-refractivity contribution in [1.82, 2.24) is 10.6 Å². The fraction of sp³-hybridized carbons (Fsp3) is 0.562. The third-order valence-corrected chi connectivity index (χ3v) is 3.89. The summed E-state index contributed by atoms with van der Waals surface area (Å²) in [6.45, 7) is 3.92. The molecule has 4 heteroatoms. The molecule has 2 N–H and O–H groups in total. The number of nitrogens with one attached hydrogen (secondary N) is 2. The van der Waals surface area contributed by atoms with Crippen LogP contribution in [-0.4, -0.2) is 12.1 Å². The van der Waals surface area contributed by atoms with E-state index in [2.05, 4.69) is 10.6 Å². The number of hydrogen-bond acceptors (Lipinski definition) is 1. The molecule has 0 atom stereocenters. The number of carbonyl (C=O) groups is 1. The summed E-state index contributed by atoms with van der Waals surface area (Å²) in [5.74, 6) is -0.166. The standard InChI is InChI=1S/C16H23FN2O/c1-11-8-13(9-12(2)15(11)17)10-18-16(20)19-14-6-4-3-5-7-14/h8-9,14H,3-7,10H2,1-2H3,(H2,18,19,20). The van der Waals surface area contributed by atoms with Crippen LogP contribution in [0.4, 0.5) is 9.18 Å². The molecule has 2 rings (SSSR count). The number of halogens is 1. The van der Waals surface area contributed by atoms with E-state index < -0.39 is 0 Å². The molecule has 0 aromatic heterocycles. The van der Waals surface area contributed by atoms with Crippen molar-refractivity contribution in [2.45, 2.75) is 58.5 Å². The van der Waals surface area contributed by atoms with Crippen LogP contribution in [0, 0.1) is 19.7 Å². The lowest BCUT2D eigenvalue weighted by Crippen LogP contribution is -2.42. The van der Waals surface area contributed by atoms with Crippen molar-refractivity contribution in [1.29, 1.82) is 0 Å². The summed E-state index contributed by atoms with van der Waals surface area (Å²) in [5, 5.41) is 5.85. The van der Waals surface area contributed by atoms with Gasteiger partial charge >= 0.3 is 6.03 Å². The molecule has 1 aliphatic rings. The third-order valence-electron chi connectivity index (χ3n) is 3.89. The molecule has 1 aromatic rings. The molecule has 0 spiro atoms. The molecule has 0 heterocycles. The van der Waals surface area contributed by atoms with Crippen molar-refractivity contribution in [3.05, 3.63) is 34.6 Å². The van der Waals surface area contributed by atoms with Gasteiger partial charge in [-0.1, -0.05) is 31.4 Å². The smallest absolute Gasteiger partial charge is 0.315 e. The maximum atomic E-state index is 13.5. The highest BCUT2D eigenvalue weighted by Gasteiger charge is 2.15. The molecular formula is C16H23FN2O. The van der Waals surface area contributed by atoms with Gasteiger partial charge in [0.15, 0.2) is 0 Å². The zero-order valence-corrected chi connectivity index (χ0v) is 12.3. The summed E-state index contributed by atoms with van der Waals surface area (Å²) in [5.41, 5.74) is 2.17. The van der Waals surface area contributed by atoms with Crippen LogP contribution in [0.1, 0.15) is 48.8 Å². The van der Waals surface area contributed by atoms with E-state index in [9.17, 15) is 9.18 Å². The van der Waals surface area contributed by atoms with Crippen LogP contribution in [0.15, 0.2) is 12.1 Å². The van der Waals surface area contributed by atoms with Crippen LogP contribution in [0.3, 0.4) is 0 Å². The summed E-state index contributed by atoms with van der Waals surface area (Å²) in [6, 6.07) is 3.74. The molecule has 110 valence electrons. The van der Waals surface area contributed by atoms with Crippen molar-refractivity contribution < 1.29 is 9.18 Å². The lowest BCUT2D eigenvalue weighted by Gasteiger charge is -2.22. The van der Waals surface area contributed by atoms with E-state index in [0.29, 0.717) is 23.7 Å². The fourth-order valence-corrected chi connectivity index (χ4v) is 2.80. The van der Waals surface area contributed by atoms with Crippen molar-refractivity contribution in [2.24, 2.45) is 0 Å². The Bertz CT molecular complexity index is 458. The normalized spacial score (nSPS) is 15.9. The zero-order valence-electron chi connectivity index (χ0n) is 12.3. The lowest BCUT2D eigenvalue weighted by atomic mass is 9.96. The van der Waals surface area contributed by atoms with Gasteiger partial charge in [0.25, 0.3) is 0 Å². The second kappa shape index (κ2) is 6.73. The maximum absolute atomic E-state index is 13.5. The summed E-state index contributed by atoms with van der Waals surface area (Å²) >= 11 is 0. The lowest BCUT2D eigenvalue weighted by molar-refractivity contribution is 0.232. The minimum Gasteiger partial charge on any atom is -0.335 e. The Morgan fingerprint density at radius 1 is 1.20 bits per heavy atom. The second-order valence-corrected chi connectivity index (χ2v) is 5.71. The number of urea groups is 1. The van der Waals surface area contributed by atoms with Crippen LogP contribution in [0.2, 0.25) is 0 Å². The molecule has 1 saturated carbocycles. The number of benzene rings is 1. The SMILES string of the molecule is Cc1cc(CNC(=O)NC2CCCCC2)cc(C)c1F. The Hall–Kier alpha value is -1.58. The van der Waals surface area contributed by atoms with Gasteiger partial charge < -0.3 is 10.6 Å². The van der Waals surface area contributed by atoms with Gasteiger partial charge in [-0.15, -0.1) is 0 Å². The van der Waals surface area contributed by atoms with Crippen LogP contribution in [-0.2, 0) is 6.54 Å². The molecule has 1 aromatic carbocycles. The van der Waals surface area contributed by atoms with Crippen molar-refractivity contribution in [3.63, 3.8) is 0 Å². The molecule has 0 saturated heterocycles. The molecule has 1 fully saturated rings. The average Bonchev–Trinajstić information content (AvgIpc) is 2.43. The topological polar surface area (TPSA) is 41.1 Å². The van der Waals surface area contributed by atoms with Gasteiger partial charge in [-0.3, -0.25) is 0 Å². The molecular weight excluding hydrogens is 255 g/mol. The number of hydrogen-bond donors (Lipinski definition) is 2. The monoisotopic (exact) mass is 278 g/mol. The van der Waals surface area contributed by atoms with E-state index in [4.69, 9.17) is 0 Å². The molecule has 20 heavy (non-hydrogen) atoms. The first-order valence-corrected chi connectivity index (χ1v) is 7.36. The first-order chi connectivity index (χ1) is 9.56. The van der Waals surface area contributed by atoms with Gasteiger partial charge in [0, 0.05) is 12.6 Å². The van der Waals surface area contributed by atoms with E-state index >= 15 is 0 Å². The summed E-state index contributed by atoms with van der Waals surface area (Å²) in [6.07, 6.45) is 5.81. The first-order valence-electron chi connectivity index (χ1n) is 7.36. The maximum Gasteiger partial charge on any atom is 0.315 e. The van der Waals surface area contributed by atoms with E-state index in [-0.39, 0.29) is 11.8 Å². The van der Waals surface area contributed by atoms with Crippen molar-refractivity contribution in [3.8, 4) is 0 Å². The third kappa shape index (κ3) is 3.95. The minimum atomic E-state index is -0.166. The van der Waals surface area contributed by atoms with Gasteiger partial charge in [-0.2, -0.15) is 0 Å². The molecule has 0 aliphatic heterocycles. The highest BCUT2D eigenvalue weighted by Crippen LogP contribution is 2.17. The number of amides is 2. The zero-order chi connectivity index (χ0) is 14.5. The molecule has 1 aliphatic carbocycles. The number of aryl methyl sites for hydroxylation is 2. The Kier molecular flexibility index (Phi) is 4.99. The number of rotatable bonds is 3. The molecule has 0 unspecified atom stereocenters. The summed E-state index contributed by atoms with van der Waals surface area (Å²) in [7, 11) is 0. The number of carbonyl (C=O) groups excluding carboxylic acids is 1. The van der Waals surface area contributed by atoms with Crippen LogP contribution >= 0.6 is 0 Å². The Balaban J connectivity index is 1.83.